The fourth-order valence-corrected chi connectivity index (χ4v) is 2.29. The molecular formula is C15H17ClN4O2. The van der Waals surface area contributed by atoms with Crippen LogP contribution in [0.3, 0.4) is 0 Å². The molecule has 0 amide bonds. The summed E-state index contributed by atoms with van der Waals surface area (Å²) in [7, 11) is 1.64. The second-order valence-corrected chi connectivity index (χ2v) is 4.96. The first-order chi connectivity index (χ1) is 10.7. The molecule has 2 heterocycles. The van der Waals surface area contributed by atoms with Gasteiger partial charge in [0.15, 0.2) is 22.4 Å². The summed E-state index contributed by atoms with van der Waals surface area (Å²) in [6, 6.07) is 5.56. The highest BCUT2D eigenvalue weighted by Crippen LogP contribution is 2.29. The monoisotopic (exact) mass is 320 g/mol. The van der Waals surface area contributed by atoms with Crippen molar-refractivity contribution in [2.75, 3.05) is 31.7 Å². The van der Waals surface area contributed by atoms with E-state index in [-0.39, 0.29) is 10.8 Å². The summed E-state index contributed by atoms with van der Waals surface area (Å²) in [6.07, 6.45) is 2.45. The maximum atomic E-state index is 9.31. The third-order valence-electron chi connectivity index (χ3n) is 3.05. The molecule has 0 saturated heterocycles. The molecule has 7 heteroatoms. The van der Waals surface area contributed by atoms with Crippen LogP contribution in [0.5, 0.6) is 0 Å². The van der Waals surface area contributed by atoms with Gasteiger partial charge in [0, 0.05) is 20.2 Å². The van der Waals surface area contributed by atoms with Gasteiger partial charge in [0.25, 0.3) is 0 Å². The fraction of sp³-hybridized carbons (Fsp3) is 0.400. The van der Waals surface area contributed by atoms with E-state index in [1.54, 1.807) is 25.5 Å². The van der Waals surface area contributed by atoms with Crippen LogP contribution in [-0.4, -0.2) is 36.8 Å². The highest BCUT2D eigenvalue weighted by atomic mass is 35.5. The van der Waals surface area contributed by atoms with Crippen molar-refractivity contribution in [3.8, 4) is 17.5 Å². The number of aromatic nitrogens is 2. The van der Waals surface area contributed by atoms with Gasteiger partial charge in [-0.05, 0) is 18.6 Å². The largest absolute Gasteiger partial charge is 0.463 e. The smallest absolute Gasteiger partial charge is 0.184 e. The van der Waals surface area contributed by atoms with Gasteiger partial charge in [-0.25, -0.2) is 9.97 Å². The lowest BCUT2D eigenvalue weighted by atomic mass is 10.3. The van der Waals surface area contributed by atoms with Crippen molar-refractivity contribution < 1.29 is 9.15 Å². The molecule has 2 aromatic heterocycles. The average molecular weight is 321 g/mol. The Labute approximate surface area is 134 Å². The van der Waals surface area contributed by atoms with Crippen LogP contribution in [0.15, 0.2) is 22.8 Å². The number of anilines is 1. The van der Waals surface area contributed by atoms with E-state index in [0.717, 1.165) is 13.0 Å². The number of methoxy groups -OCH3 is 1. The van der Waals surface area contributed by atoms with Gasteiger partial charge in [-0.15, -0.1) is 0 Å². The molecular weight excluding hydrogens is 304 g/mol. The number of rotatable bonds is 7. The molecule has 0 fully saturated rings. The van der Waals surface area contributed by atoms with Crippen LogP contribution in [0.1, 0.15) is 19.0 Å². The van der Waals surface area contributed by atoms with Gasteiger partial charge in [-0.1, -0.05) is 18.5 Å². The van der Waals surface area contributed by atoms with Crippen LogP contribution in [0.2, 0.25) is 5.15 Å². The Morgan fingerprint density at radius 3 is 2.82 bits per heavy atom. The summed E-state index contributed by atoms with van der Waals surface area (Å²) in [6.45, 7) is 3.95. The minimum atomic E-state index is 0.151. The predicted octanol–water partition coefficient (Wildman–Crippen LogP) is 3.12. The van der Waals surface area contributed by atoms with Gasteiger partial charge in [0.05, 0.1) is 12.9 Å². The summed E-state index contributed by atoms with van der Waals surface area (Å²) >= 11 is 6.13. The van der Waals surface area contributed by atoms with Gasteiger partial charge in [-0.3, -0.25) is 0 Å². The second-order valence-electron chi connectivity index (χ2n) is 4.60. The van der Waals surface area contributed by atoms with Crippen molar-refractivity contribution in [3.05, 3.63) is 29.2 Å². The molecule has 0 spiro atoms. The maximum absolute atomic E-state index is 9.31. The Hall–Kier alpha value is -2.10. The molecule has 22 heavy (non-hydrogen) atoms. The first-order valence-corrected chi connectivity index (χ1v) is 7.34. The molecule has 0 aliphatic heterocycles. The Morgan fingerprint density at radius 1 is 1.41 bits per heavy atom. The van der Waals surface area contributed by atoms with Crippen molar-refractivity contribution in [1.82, 2.24) is 9.97 Å². The number of halogens is 1. The van der Waals surface area contributed by atoms with Crippen molar-refractivity contribution in [2.24, 2.45) is 0 Å². The molecule has 0 unspecified atom stereocenters. The molecule has 0 radical (unpaired) electrons. The van der Waals surface area contributed by atoms with E-state index in [1.807, 2.05) is 4.90 Å². The van der Waals surface area contributed by atoms with E-state index in [2.05, 4.69) is 23.0 Å². The van der Waals surface area contributed by atoms with Crippen LogP contribution in [0.4, 0.5) is 5.82 Å². The fourth-order valence-electron chi connectivity index (χ4n) is 2.07. The van der Waals surface area contributed by atoms with Crippen LogP contribution in [-0.2, 0) is 4.74 Å². The number of ether oxygens (including phenoxy) is 1. The van der Waals surface area contributed by atoms with Gasteiger partial charge in [0.1, 0.15) is 11.8 Å². The van der Waals surface area contributed by atoms with Gasteiger partial charge < -0.3 is 14.1 Å². The molecule has 0 aromatic carbocycles. The molecule has 2 rings (SSSR count). The predicted molar refractivity (Wildman–Crippen MR) is 83.8 cm³/mol. The van der Waals surface area contributed by atoms with Gasteiger partial charge >= 0.3 is 0 Å². The molecule has 0 saturated carbocycles. The number of hydrogen-bond donors (Lipinski definition) is 0. The molecule has 116 valence electrons. The molecule has 0 aliphatic carbocycles. The number of nitriles is 1. The lowest BCUT2D eigenvalue weighted by molar-refractivity contribution is 0.205. The van der Waals surface area contributed by atoms with E-state index < -0.39 is 0 Å². The van der Waals surface area contributed by atoms with Crippen molar-refractivity contribution >= 4 is 17.4 Å². The van der Waals surface area contributed by atoms with Crippen molar-refractivity contribution in [1.29, 1.82) is 5.26 Å². The average Bonchev–Trinajstić information content (AvgIpc) is 3.05. The molecule has 0 atom stereocenters. The molecule has 0 bridgehead atoms. The Balaban J connectivity index is 2.47. The maximum Gasteiger partial charge on any atom is 0.184 e. The third kappa shape index (κ3) is 3.56. The zero-order chi connectivity index (χ0) is 15.9. The normalized spacial score (nSPS) is 10.5. The minimum Gasteiger partial charge on any atom is -0.463 e. The van der Waals surface area contributed by atoms with E-state index >= 15 is 0 Å². The summed E-state index contributed by atoms with van der Waals surface area (Å²) in [5, 5.41) is 9.47. The lowest BCUT2D eigenvalue weighted by Crippen LogP contribution is -2.30. The molecule has 6 nitrogen and oxygen atoms in total. The number of nitrogens with zero attached hydrogens (tertiary/aromatic N) is 4. The number of furan rings is 1. The van der Waals surface area contributed by atoms with Crippen molar-refractivity contribution in [2.45, 2.75) is 13.3 Å². The quantitative estimate of drug-likeness (QED) is 0.780. The second kappa shape index (κ2) is 7.78. The molecule has 0 N–H and O–H groups in total. The van der Waals surface area contributed by atoms with E-state index in [4.69, 9.17) is 20.8 Å². The van der Waals surface area contributed by atoms with Crippen molar-refractivity contribution in [3.63, 3.8) is 0 Å². The summed E-state index contributed by atoms with van der Waals surface area (Å²) in [5.41, 5.74) is 0.629. The molecule has 2 aromatic rings. The van der Waals surface area contributed by atoms with Crippen LogP contribution < -0.4 is 4.90 Å². The SMILES string of the molecule is CCCN(CCOC)c1nc(-c2ccco2)c(Cl)nc1C#N. The highest BCUT2D eigenvalue weighted by Gasteiger charge is 2.19. The van der Waals surface area contributed by atoms with E-state index in [0.29, 0.717) is 30.4 Å². The van der Waals surface area contributed by atoms with Gasteiger partial charge in [0.2, 0.25) is 0 Å². The van der Waals surface area contributed by atoms with Crippen LogP contribution in [0, 0.1) is 11.3 Å². The Morgan fingerprint density at radius 2 is 2.23 bits per heavy atom. The lowest BCUT2D eigenvalue weighted by Gasteiger charge is -2.23. The third-order valence-corrected chi connectivity index (χ3v) is 3.32. The van der Waals surface area contributed by atoms with E-state index in [9.17, 15) is 5.26 Å². The van der Waals surface area contributed by atoms with E-state index in [1.165, 1.54) is 0 Å². The topological polar surface area (TPSA) is 75.2 Å². The van der Waals surface area contributed by atoms with Gasteiger partial charge in [-0.2, -0.15) is 5.26 Å². The van der Waals surface area contributed by atoms with Crippen LogP contribution >= 0.6 is 11.6 Å². The zero-order valence-electron chi connectivity index (χ0n) is 12.5. The summed E-state index contributed by atoms with van der Waals surface area (Å²) < 4.78 is 10.5. The zero-order valence-corrected chi connectivity index (χ0v) is 13.3. The summed E-state index contributed by atoms with van der Waals surface area (Å²) in [4.78, 5) is 10.6. The highest BCUT2D eigenvalue weighted by molar-refractivity contribution is 6.31. The number of hydrogen-bond acceptors (Lipinski definition) is 6. The minimum absolute atomic E-state index is 0.151. The first kappa shape index (κ1) is 16.3. The van der Waals surface area contributed by atoms with Crippen LogP contribution in [0.25, 0.3) is 11.5 Å². The summed E-state index contributed by atoms with van der Waals surface area (Å²) in [5.74, 6) is 1.02. The molecule has 0 aliphatic rings. The first-order valence-electron chi connectivity index (χ1n) is 6.96. The standard InChI is InChI=1S/C15H17ClN4O2/c1-3-6-20(7-9-21-2)15-11(10-17)18-14(16)13(19-15)12-5-4-8-22-12/h4-5,8H,3,6-7,9H2,1-2H3. The Bertz CT molecular complexity index is 652. The Kier molecular flexibility index (Phi) is 5.75.